The van der Waals surface area contributed by atoms with Gasteiger partial charge in [-0.05, 0) is 26.8 Å². The zero-order chi connectivity index (χ0) is 14.9. The Labute approximate surface area is 129 Å². The third kappa shape index (κ3) is 15.5. The highest BCUT2D eigenvalue weighted by atomic mass is 33.1. The normalized spacial score (nSPS) is 9.70. The molecule has 0 aliphatic rings. The maximum absolute atomic E-state index is 11.1. The third-order valence-corrected chi connectivity index (χ3v) is 4.15. The summed E-state index contributed by atoms with van der Waals surface area (Å²) >= 11 is 0. The van der Waals surface area contributed by atoms with Gasteiger partial charge in [0.1, 0.15) is 5.94 Å². The SMILES string of the molecule is CC#CCNC(=O)OCCCCOCSSCCNC. The van der Waals surface area contributed by atoms with Crippen molar-refractivity contribution in [1.29, 1.82) is 0 Å². The lowest BCUT2D eigenvalue weighted by molar-refractivity contribution is 0.134. The zero-order valence-electron chi connectivity index (χ0n) is 12.2. The van der Waals surface area contributed by atoms with Crippen molar-refractivity contribution in [2.24, 2.45) is 0 Å². The standard InChI is InChI=1S/C13H24N2O3S2/c1-3-4-7-15-13(16)18-10-6-5-9-17-12-20-19-11-8-14-2/h14H,5-12H2,1-2H3,(H,15,16). The molecule has 0 aliphatic carbocycles. The van der Waals surface area contributed by atoms with Gasteiger partial charge in [-0.1, -0.05) is 27.5 Å². The molecule has 0 aromatic heterocycles. The summed E-state index contributed by atoms with van der Waals surface area (Å²) in [6, 6.07) is 0. The molecule has 0 radical (unpaired) electrons. The van der Waals surface area contributed by atoms with Gasteiger partial charge in [-0.3, -0.25) is 0 Å². The second-order valence-corrected chi connectivity index (χ2v) is 6.22. The number of alkyl carbamates (subject to hydrolysis) is 1. The van der Waals surface area contributed by atoms with E-state index in [4.69, 9.17) is 9.47 Å². The molecule has 5 nitrogen and oxygen atoms in total. The summed E-state index contributed by atoms with van der Waals surface area (Å²) < 4.78 is 10.4. The number of rotatable bonds is 12. The summed E-state index contributed by atoms with van der Waals surface area (Å²) in [5.74, 6) is 7.20. The van der Waals surface area contributed by atoms with Gasteiger partial charge in [0.25, 0.3) is 0 Å². The van der Waals surface area contributed by atoms with Crippen molar-refractivity contribution in [3.8, 4) is 11.8 Å². The number of amides is 1. The summed E-state index contributed by atoms with van der Waals surface area (Å²) in [7, 11) is 5.46. The third-order valence-electron chi connectivity index (χ3n) is 2.06. The summed E-state index contributed by atoms with van der Waals surface area (Å²) in [6.07, 6.45) is 1.29. The minimum absolute atomic E-state index is 0.334. The Morgan fingerprint density at radius 1 is 1.25 bits per heavy atom. The zero-order valence-corrected chi connectivity index (χ0v) is 13.8. The number of carbonyl (C=O) groups excluding carboxylic acids is 1. The lowest BCUT2D eigenvalue weighted by Gasteiger charge is -2.05. The van der Waals surface area contributed by atoms with Crippen molar-refractivity contribution in [2.45, 2.75) is 19.8 Å². The molecule has 0 fully saturated rings. The topological polar surface area (TPSA) is 59.6 Å². The van der Waals surface area contributed by atoms with Gasteiger partial charge < -0.3 is 20.1 Å². The highest BCUT2D eigenvalue weighted by Gasteiger charge is 1.99. The van der Waals surface area contributed by atoms with E-state index < -0.39 is 6.09 Å². The van der Waals surface area contributed by atoms with Crippen LogP contribution in [0.15, 0.2) is 0 Å². The fraction of sp³-hybridized carbons (Fsp3) is 0.769. The van der Waals surface area contributed by atoms with Crippen LogP contribution in [0.2, 0.25) is 0 Å². The molecular formula is C13H24N2O3S2. The molecule has 1 amide bonds. The number of carbonyl (C=O) groups is 1. The number of hydrogen-bond donors (Lipinski definition) is 2. The quantitative estimate of drug-likeness (QED) is 0.248. The number of hydrogen-bond acceptors (Lipinski definition) is 6. The maximum atomic E-state index is 11.1. The molecule has 0 heterocycles. The average Bonchev–Trinajstić information content (AvgIpc) is 2.45. The van der Waals surface area contributed by atoms with Crippen LogP contribution in [-0.4, -0.2) is 51.1 Å². The van der Waals surface area contributed by atoms with Crippen LogP contribution in [0.3, 0.4) is 0 Å². The predicted octanol–water partition coefficient (Wildman–Crippen LogP) is 2.09. The van der Waals surface area contributed by atoms with Crippen molar-refractivity contribution in [3.63, 3.8) is 0 Å². The van der Waals surface area contributed by atoms with Crippen LogP contribution in [-0.2, 0) is 9.47 Å². The molecule has 0 spiro atoms. The van der Waals surface area contributed by atoms with Crippen LogP contribution in [0, 0.1) is 11.8 Å². The molecule has 0 saturated carbocycles. The van der Waals surface area contributed by atoms with E-state index in [0.717, 1.165) is 25.1 Å². The minimum atomic E-state index is -0.412. The Morgan fingerprint density at radius 2 is 2.05 bits per heavy atom. The first-order valence-corrected chi connectivity index (χ1v) is 9.07. The molecule has 0 saturated heterocycles. The van der Waals surface area contributed by atoms with Crippen LogP contribution >= 0.6 is 21.6 Å². The summed E-state index contributed by atoms with van der Waals surface area (Å²) in [4.78, 5) is 11.1. The van der Waals surface area contributed by atoms with E-state index in [1.807, 2.05) is 7.05 Å². The smallest absolute Gasteiger partial charge is 0.407 e. The van der Waals surface area contributed by atoms with Crippen molar-refractivity contribution in [1.82, 2.24) is 10.6 Å². The monoisotopic (exact) mass is 320 g/mol. The predicted molar refractivity (Wildman–Crippen MR) is 86.8 cm³/mol. The molecule has 7 heteroatoms. The van der Waals surface area contributed by atoms with Gasteiger partial charge in [0.15, 0.2) is 0 Å². The van der Waals surface area contributed by atoms with Gasteiger partial charge in [0.05, 0.1) is 13.2 Å². The van der Waals surface area contributed by atoms with E-state index in [1.165, 1.54) is 0 Å². The molecule has 0 aromatic rings. The van der Waals surface area contributed by atoms with Crippen molar-refractivity contribution < 1.29 is 14.3 Å². The van der Waals surface area contributed by atoms with Crippen molar-refractivity contribution in [3.05, 3.63) is 0 Å². The number of nitrogens with one attached hydrogen (secondary N) is 2. The van der Waals surface area contributed by atoms with E-state index in [2.05, 4.69) is 22.5 Å². The molecule has 2 N–H and O–H groups in total. The summed E-state index contributed by atoms with van der Waals surface area (Å²) in [5.41, 5.74) is 0. The summed E-state index contributed by atoms with van der Waals surface area (Å²) in [6.45, 7) is 4.19. The molecular weight excluding hydrogens is 296 g/mol. The van der Waals surface area contributed by atoms with Crippen LogP contribution in [0.25, 0.3) is 0 Å². The van der Waals surface area contributed by atoms with E-state index in [-0.39, 0.29) is 0 Å². The molecule has 0 atom stereocenters. The molecule has 0 unspecified atom stereocenters. The van der Waals surface area contributed by atoms with Crippen LogP contribution in [0.4, 0.5) is 4.79 Å². The molecule has 0 aliphatic heterocycles. The number of ether oxygens (including phenoxy) is 2. The Bertz CT molecular complexity index is 293. The highest BCUT2D eigenvalue weighted by molar-refractivity contribution is 8.76. The van der Waals surface area contributed by atoms with Crippen LogP contribution in [0.1, 0.15) is 19.8 Å². The lowest BCUT2D eigenvalue weighted by atomic mass is 10.3. The lowest BCUT2D eigenvalue weighted by Crippen LogP contribution is -2.24. The molecule has 0 bridgehead atoms. The van der Waals surface area contributed by atoms with Crippen molar-refractivity contribution >= 4 is 27.7 Å². The van der Waals surface area contributed by atoms with Gasteiger partial charge >= 0.3 is 6.09 Å². The Kier molecular flexibility index (Phi) is 16.1. The van der Waals surface area contributed by atoms with E-state index in [9.17, 15) is 4.79 Å². The van der Waals surface area contributed by atoms with E-state index in [0.29, 0.717) is 25.7 Å². The Hall–Kier alpha value is -0.550. The van der Waals surface area contributed by atoms with Crippen molar-refractivity contribution in [2.75, 3.05) is 45.0 Å². The molecule has 0 rings (SSSR count). The molecule has 116 valence electrons. The first-order valence-electron chi connectivity index (χ1n) is 6.58. The van der Waals surface area contributed by atoms with Gasteiger partial charge in [-0.2, -0.15) is 0 Å². The maximum Gasteiger partial charge on any atom is 0.407 e. The molecule has 20 heavy (non-hydrogen) atoms. The second-order valence-electron chi connectivity index (χ2n) is 3.69. The van der Waals surface area contributed by atoms with E-state index >= 15 is 0 Å². The van der Waals surface area contributed by atoms with Crippen LogP contribution < -0.4 is 10.6 Å². The van der Waals surface area contributed by atoms with E-state index in [1.54, 1.807) is 28.5 Å². The first-order chi connectivity index (χ1) is 9.81. The fourth-order valence-electron chi connectivity index (χ4n) is 1.06. The van der Waals surface area contributed by atoms with Gasteiger partial charge in [-0.15, -0.1) is 5.92 Å². The molecule has 0 aromatic carbocycles. The fourth-order valence-corrected chi connectivity index (χ4v) is 2.73. The van der Waals surface area contributed by atoms with Gasteiger partial charge in [0.2, 0.25) is 0 Å². The number of unbranched alkanes of at least 4 members (excludes halogenated alkanes) is 1. The minimum Gasteiger partial charge on any atom is -0.450 e. The average molecular weight is 320 g/mol. The van der Waals surface area contributed by atoms with Gasteiger partial charge in [0, 0.05) is 18.9 Å². The largest absolute Gasteiger partial charge is 0.450 e. The highest BCUT2D eigenvalue weighted by Crippen LogP contribution is 2.20. The van der Waals surface area contributed by atoms with Crippen LogP contribution in [0.5, 0.6) is 0 Å². The van der Waals surface area contributed by atoms with Gasteiger partial charge in [-0.25, -0.2) is 4.79 Å². The Morgan fingerprint density at radius 3 is 2.80 bits per heavy atom. The second kappa shape index (κ2) is 16.5. The Balaban J connectivity index is 3.12. The first kappa shape index (κ1) is 19.4. The summed E-state index contributed by atoms with van der Waals surface area (Å²) in [5, 5.41) is 5.63.